The van der Waals surface area contributed by atoms with Crippen molar-refractivity contribution in [1.29, 1.82) is 0 Å². The average molecular weight is 1060 g/mol. The maximum Gasteiger partial charge on any atom is 0.220 e. The van der Waals surface area contributed by atoms with E-state index in [0.717, 1.165) is 103 Å². The number of ether oxygens (including phenoxy) is 4. The van der Waals surface area contributed by atoms with Gasteiger partial charge in [0.1, 0.15) is 48.8 Å². The highest BCUT2D eigenvalue weighted by Gasteiger charge is 2.51. The van der Waals surface area contributed by atoms with E-state index in [9.17, 15) is 45.6 Å². The van der Waals surface area contributed by atoms with Crippen LogP contribution in [0.2, 0.25) is 0 Å². The highest BCUT2D eigenvalue weighted by molar-refractivity contribution is 5.76. The minimum Gasteiger partial charge on any atom is -0.394 e. The summed E-state index contributed by atoms with van der Waals surface area (Å²) in [7, 11) is 0. The van der Waals surface area contributed by atoms with Crippen LogP contribution >= 0.6 is 0 Å². The lowest BCUT2D eigenvalue weighted by molar-refractivity contribution is -0.359. The molecule has 0 radical (unpaired) electrons. The molecule has 0 aliphatic carbocycles. The molecule has 9 N–H and O–H groups in total. The molecular formula is C61H103NO13. The molecule has 0 aromatic carbocycles. The molecule has 430 valence electrons. The summed E-state index contributed by atoms with van der Waals surface area (Å²) in [5.74, 6) is -0.257. The van der Waals surface area contributed by atoms with Crippen LogP contribution in [0, 0.1) is 0 Å². The minimum atomic E-state index is -1.79. The summed E-state index contributed by atoms with van der Waals surface area (Å²) in [5.41, 5.74) is 0. The van der Waals surface area contributed by atoms with Crippen LogP contribution in [0.5, 0.6) is 0 Å². The normalized spacial score (nSPS) is 25.8. The van der Waals surface area contributed by atoms with E-state index in [-0.39, 0.29) is 18.9 Å². The van der Waals surface area contributed by atoms with Gasteiger partial charge in [0.05, 0.1) is 32.0 Å². The lowest BCUT2D eigenvalue weighted by Crippen LogP contribution is -2.65. The zero-order valence-electron chi connectivity index (χ0n) is 46.0. The highest BCUT2D eigenvalue weighted by Crippen LogP contribution is 2.30. The van der Waals surface area contributed by atoms with Crippen LogP contribution in [0.15, 0.2) is 97.2 Å². The van der Waals surface area contributed by atoms with Crippen molar-refractivity contribution in [3.05, 3.63) is 97.2 Å². The molecule has 14 nitrogen and oxygen atoms in total. The van der Waals surface area contributed by atoms with E-state index in [1.165, 1.54) is 57.8 Å². The third-order valence-electron chi connectivity index (χ3n) is 13.5. The zero-order chi connectivity index (χ0) is 54.6. The van der Waals surface area contributed by atoms with Crippen LogP contribution < -0.4 is 5.32 Å². The molecule has 0 aromatic heterocycles. The van der Waals surface area contributed by atoms with Gasteiger partial charge in [-0.2, -0.15) is 0 Å². The van der Waals surface area contributed by atoms with E-state index in [1.807, 2.05) is 6.08 Å². The van der Waals surface area contributed by atoms with E-state index in [4.69, 9.17) is 18.9 Å². The first-order valence-corrected chi connectivity index (χ1v) is 29.0. The fourth-order valence-electron chi connectivity index (χ4n) is 8.86. The van der Waals surface area contributed by atoms with Gasteiger partial charge >= 0.3 is 0 Å². The standard InChI is InChI=1S/C61H103NO13/c1-3-5-7-9-11-13-15-17-18-19-20-21-22-23-24-25-26-27-28-29-30-31-32-33-35-37-39-41-43-45-53(66)62-49(50(65)44-42-40-38-36-34-16-14-12-10-8-6-4-2)48-72-60-58(71)56(69)59(52(47-64)74-60)75-61-57(70)55(68)54(67)51(46-63)73-61/h5,7,11,13,17-18,20-21,23-24,26-27,29-30,42,44,49-52,54-61,63-65,67-71H,3-4,6,8-10,12,14-16,19,22,25,28,31-41,43,45-48H2,1-2H3,(H,62,66)/b7-5-,13-11-,18-17-,21-20-,24-23-,27-26-,30-29-,44-42+. The molecule has 12 atom stereocenters. The number of aliphatic hydroxyl groups is 8. The number of carbonyl (C=O) groups excluding carboxylic acids is 1. The summed E-state index contributed by atoms with van der Waals surface area (Å²) < 4.78 is 22.7. The van der Waals surface area contributed by atoms with Gasteiger partial charge in [-0.25, -0.2) is 0 Å². The Balaban J connectivity index is 1.73. The Morgan fingerprint density at radius 1 is 0.493 bits per heavy atom. The molecule has 0 spiro atoms. The molecule has 12 unspecified atom stereocenters. The van der Waals surface area contributed by atoms with Crippen LogP contribution in [0.3, 0.4) is 0 Å². The molecule has 1 amide bonds. The highest BCUT2D eigenvalue weighted by atomic mass is 16.7. The summed E-state index contributed by atoms with van der Waals surface area (Å²) in [6.07, 6.45) is 45.9. The predicted octanol–water partition coefficient (Wildman–Crippen LogP) is 9.49. The number of hydrogen-bond acceptors (Lipinski definition) is 13. The number of amides is 1. The van der Waals surface area contributed by atoms with Crippen molar-refractivity contribution < 1.29 is 64.6 Å². The first-order chi connectivity index (χ1) is 36.6. The van der Waals surface area contributed by atoms with Gasteiger partial charge in [-0.3, -0.25) is 4.79 Å². The molecule has 2 rings (SSSR count). The molecule has 0 aromatic rings. The third kappa shape index (κ3) is 31.8. The largest absolute Gasteiger partial charge is 0.394 e. The monoisotopic (exact) mass is 1060 g/mol. The fraction of sp³-hybridized carbons (Fsp3) is 0.721. The number of nitrogens with one attached hydrogen (secondary N) is 1. The molecule has 2 heterocycles. The molecule has 75 heavy (non-hydrogen) atoms. The van der Waals surface area contributed by atoms with Gasteiger partial charge in [0.2, 0.25) is 5.91 Å². The van der Waals surface area contributed by atoms with Crippen LogP contribution in [0.1, 0.15) is 187 Å². The van der Waals surface area contributed by atoms with Gasteiger partial charge < -0.3 is 65.1 Å². The molecule has 14 heteroatoms. The Morgan fingerprint density at radius 2 is 0.920 bits per heavy atom. The van der Waals surface area contributed by atoms with Gasteiger partial charge in [-0.1, -0.05) is 201 Å². The van der Waals surface area contributed by atoms with Crippen molar-refractivity contribution in [1.82, 2.24) is 5.32 Å². The molecule has 0 bridgehead atoms. The van der Waals surface area contributed by atoms with Crippen molar-refractivity contribution in [2.24, 2.45) is 0 Å². The molecule has 0 saturated carbocycles. The minimum absolute atomic E-state index is 0.257. The van der Waals surface area contributed by atoms with E-state index >= 15 is 0 Å². The van der Waals surface area contributed by atoms with E-state index in [1.54, 1.807) is 6.08 Å². The Labute approximate surface area is 452 Å². The van der Waals surface area contributed by atoms with Crippen molar-refractivity contribution >= 4 is 5.91 Å². The van der Waals surface area contributed by atoms with Crippen LogP contribution in [0.25, 0.3) is 0 Å². The van der Waals surface area contributed by atoms with Gasteiger partial charge in [0.15, 0.2) is 12.6 Å². The second-order valence-corrected chi connectivity index (χ2v) is 20.0. The van der Waals surface area contributed by atoms with Gasteiger partial charge in [-0.15, -0.1) is 0 Å². The van der Waals surface area contributed by atoms with E-state index in [0.29, 0.717) is 6.42 Å². The maximum atomic E-state index is 13.2. The van der Waals surface area contributed by atoms with E-state index < -0.39 is 86.8 Å². The van der Waals surface area contributed by atoms with Crippen LogP contribution in [0.4, 0.5) is 0 Å². The molecule has 2 aliphatic rings. The first-order valence-electron chi connectivity index (χ1n) is 29.0. The number of aliphatic hydroxyl groups excluding tert-OH is 8. The summed E-state index contributed by atoms with van der Waals surface area (Å²) in [5, 5.41) is 86.9. The number of allylic oxidation sites excluding steroid dienone is 15. The lowest BCUT2D eigenvalue weighted by Gasteiger charge is -2.46. The second-order valence-electron chi connectivity index (χ2n) is 20.0. The maximum absolute atomic E-state index is 13.2. The predicted molar refractivity (Wildman–Crippen MR) is 299 cm³/mol. The molecular weight excluding hydrogens is 955 g/mol. The molecule has 2 saturated heterocycles. The summed E-state index contributed by atoms with van der Waals surface area (Å²) in [4.78, 5) is 13.2. The summed E-state index contributed by atoms with van der Waals surface area (Å²) >= 11 is 0. The number of hydrogen-bond donors (Lipinski definition) is 9. The molecule has 2 fully saturated rings. The Morgan fingerprint density at radius 3 is 1.41 bits per heavy atom. The van der Waals surface area contributed by atoms with Crippen molar-refractivity contribution in [3.63, 3.8) is 0 Å². The summed E-state index contributed by atoms with van der Waals surface area (Å²) in [6.45, 7) is 2.64. The van der Waals surface area contributed by atoms with E-state index in [2.05, 4.69) is 104 Å². The third-order valence-corrected chi connectivity index (χ3v) is 13.5. The lowest BCUT2D eigenvalue weighted by atomic mass is 9.97. The fourth-order valence-corrected chi connectivity index (χ4v) is 8.86. The van der Waals surface area contributed by atoms with Gasteiger partial charge in [-0.05, 0) is 77.0 Å². The molecule has 2 aliphatic heterocycles. The SMILES string of the molecule is CC/C=C\C/C=C\C/C=C\C/C=C\C/C=C\C/C=C\C/C=C\CCCCCCCCCC(=O)NC(COC1OC(CO)C(OC2OC(CO)C(O)C(O)C2O)C(O)C1O)C(O)/C=C/CCCCCCCCCCCC. The van der Waals surface area contributed by atoms with Gasteiger partial charge in [0.25, 0.3) is 0 Å². The quantitative estimate of drug-likeness (QED) is 0.0205. The summed E-state index contributed by atoms with van der Waals surface area (Å²) in [6, 6.07) is -0.926. The Bertz CT molecular complexity index is 1620. The number of unbranched alkanes of at least 4 members (excludes halogenated alkanes) is 17. The van der Waals surface area contributed by atoms with Crippen molar-refractivity contribution in [2.75, 3.05) is 19.8 Å². The topological polar surface area (TPSA) is 228 Å². The number of carbonyl (C=O) groups is 1. The Hall–Kier alpha value is -3.09. The van der Waals surface area contributed by atoms with Gasteiger partial charge in [0, 0.05) is 6.42 Å². The smallest absolute Gasteiger partial charge is 0.220 e. The Kier molecular flexibility index (Phi) is 41.6. The zero-order valence-corrected chi connectivity index (χ0v) is 46.0. The van der Waals surface area contributed by atoms with Crippen LogP contribution in [-0.4, -0.2) is 140 Å². The van der Waals surface area contributed by atoms with Crippen molar-refractivity contribution in [2.45, 2.75) is 261 Å². The number of rotatable bonds is 44. The van der Waals surface area contributed by atoms with Crippen molar-refractivity contribution in [3.8, 4) is 0 Å². The second kappa shape index (κ2) is 45.9. The van der Waals surface area contributed by atoms with Crippen LogP contribution in [-0.2, 0) is 23.7 Å². The first kappa shape index (κ1) is 68.0. The average Bonchev–Trinajstić information content (AvgIpc) is 3.41.